The lowest BCUT2D eigenvalue weighted by Crippen LogP contribution is -2.62. The first-order valence-corrected chi connectivity index (χ1v) is 28.3. The molecule has 0 N–H and O–H groups in total. The molecule has 2 aliphatic heterocycles. The van der Waals surface area contributed by atoms with E-state index in [1.54, 1.807) is 11.1 Å². The van der Waals surface area contributed by atoms with Crippen LogP contribution in [0.4, 0.5) is 34.1 Å². The molecule has 10 aromatic rings. The Hall–Kier alpha value is -7.14. The van der Waals surface area contributed by atoms with E-state index in [9.17, 15) is 0 Å². The SMILES string of the molecule is CC(C)(C)c1ccc(N(c2ccc3c(c2)N(c2ccc(C(C)(C)C)cc2-c2ccccc2)c2cc(-c4ccccc4)cc4c2B3c2cccc3c2C4C2(C)CCCCC32C)c2ccc3sc4ccccc4c3c2)cc1. The van der Waals surface area contributed by atoms with Gasteiger partial charge in [-0.1, -0.05) is 201 Å². The summed E-state index contributed by atoms with van der Waals surface area (Å²) in [5.74, 6) is 0.289. The first-order valence-electron chi connectivity index (χ1n) is 27.5. The first kappa shape index (κ1) is 46.4. The molecular formula is C71H65BN2S. The molecule has 75 heavy (non-hydrogen) atoms. The molecule has 2 aliphatic carbocycles. The molecule has 0 radical (unpaired) electrons. The number of benzene rings is 9. The van der Waals surface area contributed by atoms with Gasteiger partial charge in [0.2, 0.25) is 6.71 Å². The van der Waals surface area contributed by atoms with Crippen molar-refractivity contribution in [1.29, 1.82) is 0 Å². The Morgan fingerprint density at radius 1 is 0.507 bits per heavy atom. The second-order valence-corrected chi connectivity index (χ2v) is 25.9. The molecule has 1 fully saturated rings. The third kappa shape index (κ3) is 6.97. The zero-order valence-corrected chi connectivity index (χ0v) is 45.6. The highest BCUT2D eigenvalue weighted by atomic mass is 32.1. The van der Waals surface area contributed by atoms with Crippen molar-refractivity contribution in [3.63, 3.8) is 0 Å². The lowest BCUT2D eigenvalue weighted by atomic mass is 9.30. The fourth-order valence-corrected chi connectivity index (χ4v) is 15.6. The molecule has 2 nitrogen and oxygen atoms in total. The fraction of sp³-hybridized carbons (Fsp3) is 0.239. The zero-order chi connectivity index (χ0) is 51.2. The summed E-state index contributed by atoms with van der Waals surface area (Å²) < 4.78 is 2.63. The molecule has 4 aliphatic rings. The van der Waals surface area contributed by atoms with Crippen LogP contribution < -0.4 is 26.2 Å². The molecule has 0 spiro atoms. The molecule has 4 heteroatoms. The third-order valence-electron chi connectivity index (χ3n) is 18.6. The molecule has 9 aromatic carbocycles. The Kier molecular flexibility index (Phi) is 10.3. The minimum absolute atomic E-state index is 0.0251. The molecule has 0 saturated heterocycles. The van der Waals surface area contributed by atoms with Gasteiger partial charge >= 0.3 is 0 Å². The molecular weight excluding hydrogens is 924 g/mol. The van der Waals surface area contributed by atoms with E-state index in [4.69, 9.17) is 0 Å². The molecule has 3 unspecified atom stereocenters. The lowest BCUT2D eigenvalue weighted by molar-refractivity contribution is 0.0926. The van der Waals surface area contributed by atoms with Gasteiger partial charge in [-0.2, -0.15) is 0 Å². The fourth-order valence-electron chi connectivity index (χ4n) is 14.5. The summed E-state index contributed by atoms with van der Waals surface area (Å²) >= 11 is 1.88. The Labute approximate surface area is 448 Å². The second kappa shape index (κ2) is 16.7. The van der Waals surface area contributed by atoms with Crippen molar-refractivity contribution in [3.05, 3.63) is 222 Å². The van der Waals surface area contributed by atoms with Crippen LogP contribution in [0.2, 0.25) is 0 Å². The molecule has 14 rings (SSSR count). The van der Waals surface area contributed by atoms with Crippen molar-refractivity contribution < 1.29 is 0 Å². The van der Waals surface area contributed by atoms with Gasteiger partial charge in [-0.3, -0.25) is 0 Å². The summed E-state index contributed by atoms with van der Waals surface area (Å²) in [6, 6.07) is 75.2. The van der Waals surface area contributed by atoms with E-state index in [2.05, 4.69) is 259 Å². The van der Waals surface area contributed by atoms with E-state index < -0.39 is 0 Å². The lowest BCUT2D eigenvalue weighted by Gasteiger charge is -2.51. The van der Waals surface area contributed by atoms with Gasteiger partial charge < -0.3 is 9.80 Å². The average molecular weight is 989 g/mol. The number of anilines is 6. The topological polar surface area (TPSA) is 6.48 Å². The largest absolute Gasteiger partial charge is 0.311 e. The number of hydrogen-bond acceptors (Lipinski definition) is 3. The van der Waals surface area contributed by atoms with Crippen LogP contribution >= 0.6 is 11.3 Å². The Morgan fingerprint density at radius 2 is 1.16 bits per heavy atom. The third-order valence-corrected chi connectivity index (χ3v) is 19.8. The number of hydrogen-bond donors (Lipinski definition) is 0. The van der Waals surface area contributed by atoms with Gasteiger partial charge in [0.25, 0.3) is 0 Å². The number of thiophene rings is 1. The molecule has 3 atom stereocenters. The van der Waals surface area contributed by atoms with Crippen LogP contribution in [0, 0.1) is 5.41 Å². The molecule has 0 bridgehead atoms. The summed E-state index contributed by atoms with van der Waals surface area (Å²) in [5, 5.41) is 2.60. The summed E-state index contributed by atoms with van der Waals surface area (Å²) in [7, 11) is 0. The summed E-state index contributed by atoms with van der Waals surface area (Å²) in [5.41, 5.74) is 24.0. The van der Waals surface area contributed by atoms with Crippen molar-refractivity contribution in [1.82, 2.24) is 0 Å². The normalized spacial score (nSPS) is 19.4. The Balaban J connectivity index is 1.09. The molecule has 1 saturated carbocycles. The summed E-state index contributed by atoms with van der Waals surface area (Å²) in [6.45, 7) is 19.3. The van der Waals surface area contributed by atoms with Gasteiger partial charge in [0.05, 0.1) is 5.69 Å². The van der Waals surface area contributed by atoms with E-state index in [0.717, 1.165) is 17.1 Å². The molecule has 3 heterocycles. The maximum atomic E-state index is 2.71. The van der Waals surface area contributed by atoms with Crippen LogP contribution in [0.3, 0.4) is 0 Å². The average Bonchev–Trinajstić information content (AvgIpc) is 3.92. The van der Waals surface area contributed by atoms with E-state index in [-0.39, 0.29) is 34.3 Å². The van der Waals surface area contributed by atoms with Crippen molar-refractivity contribution in [2.24, 2.45) is 5.41 Å². The highest BCUT2D eigenvalue weighted by molar-refractivity contribution is 7.25. The predicted octanol–water partition coefficient (Wildman–Crippen LogP) is 18.0. The standard InChI is InChI=1S/C71H65BN2S/c1-68(2,3)48-28-31-50(32-29-48)73(51-34-37-64-55(43-51)53-24-15-16-27-63(53)75-64)52-33-35-58-61(44-52)74(60-36-30-49(69(4,5)6)42-54(60)46-22-13-10-14-23-46)62-41-47(45-20-11-9-12-21-45)40-56-66-65-57(25-19-26-59(65)72(58)67(56)62)70(7)38-17-18-39-71(66,70)8/h9-16,19-37,40-44,66H,17-18,38-39H2,1-8H3. The molecule has 1 aromatic heterocycles. The minimum atomic E-state index is -0.0452. The van der Waals surface area contributed by atoms with E-state index in [1.165, 1.54) is 118 Å². The van der Waals surface area contributed by atoms with E-state index in [1.807, 2.05) is 11.3 Å². The maximum Gasteiger partial charge on any atom is 0.247 e. The highest BCUT2D eigenvalue weighted by Gasteiger charge is 2.62. The van der Waals surface area contributed by atoms with Crippen molar-refractivity contribution in [2.75, 3.05) is 9.80 Å². The van der Waals surface area contributed by atoms with E-state index >= 15 is 0 Å². The Bertz CT molecular complexity index is 3910. The van der Waals surface area contributed by atoms with Gasteiger partial charge in [-0.05, 0) is 157 Å². The van der Waals surface area contributed by atoms with Gasteiger partial charge in [-0.25, -0.2) is 0 Å². The van der Waals surface area contributed by atoms with Crippen LogP contribution in [0.5, 0.6) is 0 Å². The zero-order valence-electron chi connectivity index (χ0n) is 44.8. The van der Waals surface area contributed by atoms with Crippen LogP contribution in [-0.2, 0) is 16.2 Å². The van der Waals surface area contributed by atoms with Crippen molar-refractivity contribution >= 4 is 88.7 Å². The van der Waals surface area contributed by atoms with Crippen LogP contribution in [0.15, 0.2) is 194 Å². The highest BCUT2D eigenvalue weighted by Crippen LogP contribution is 2.67. The Morgan fingerprint density at radius 3 is 1.92 bits per heavy atom. The summed E-state index contributed by atoms with van der Waals surface area (Å²) in [6.07, 6.45) is 5.02. The van der Waals surface area contributed by atoms with Crippen molar-refractivity contribution in [2.45, 2.75) is 103 Å². The first-order chi connectivity index (χ1) is 36.2. The quantitative estimate of drug-likeness (QED) is 0.153. The van der Waals surface area contributed by atoms with Crippen LogP contribution in [0.25, 0.3) is 42.4 Å². The van der Waals surface area contributed by atoms with Gasteiger partial charge in [-0.15, -0.1) is 11.3 Å². The smallest absolute Gasteiger partial charge is 0.247 e. The number of nitrogens with zero attached hydrogens (tertiary/aromatic N) is 2. The summed E-state index contributed by atoms with van der Waals surface area (Å²) in [4.78, 5) is 5.22. The minimum Gasteiger partial charge on any atom is -0.311 e. The van der Waals surface area contributed by atoms with Crippen molar-refractivity contribution in [3.8, 4) is 22.3 Å². The maximum absolute atomic E-state index is 2.71. The van der Waals surface area contributed by atoms with Gasteiger partial charge in [0.1, 0.15) is 0 Å². The van der Waals surface area contributed by atoms with Crippen LogP contribution in [-0.4, -0.2) is 6.71 Å². The van der Waals surface area contributed by atoms with E-state index in [0.29, 0.717) is 0 Å². The van der Waals surface area contributed by atoms with Crippen LogP contribution in [0.1, 0.15) is 115 Å². The predicted molar refractivity (Wildman–Crippen MR) is 324 cm³/mol. The van der Waals surface area contributed by atoms with Gasteiger partial charge in [0.15, 0.2) is 0 Å². The molecule has 0 amide bonds. The molecule has 368 valence electrons. The number of rotatable bonds is 6. The van der Waals surface area contributed by atoms with Gasteiger partial charge in [0, 0.05) is 60.1 Å². The monoisotopic (exact) mass is 988 g/mol. The number of fused-ring (bicyclic) bond motifs is 10. The second-order valence-electron chi connectivity index (χ2n) is 24.8.